The lowest BCUT2D eigenvalue weighted by Crippen LogP contribution is -2.37. The van der Waals surface area contributed by atoms with E-state index in [1.807, 2.05) is 0 Å². The molecule has 1 aliphatic rings. The first-order chi connectivity index (χ1) is 8.16. The minimum absolute atomic E-state index is 0.0702. The molecule has 0 aromatic carbocycles. The van der Waals surface area contributed by atoms with Gasteiger partial charge in [0.1, 0.15) is 5.75 Å². The van der Waals surface area contributed by atoms with Gasteiger partial charge in [-0.2, -0.15) is 0 Å². The van der Waals surface area contributed by atoms with Crippen molar-refractivity contribution < 1.29 is 9.90 Å². The number of aromatic nitrogens is 1. The minimum Gasteiger partial charge on any atom is -0.505 e. The highest BCUT2D eigenvalue weighted by Crippen LogP contribution is 2.24. The molecule has 0 bridgehead atoms. The molecule has 1 fully saturated rings. The zero-order chi connectivity index (χ0) is 12.3. The van der Waals surface area contributed by atoms with Crippen LogP contribution in [-0.2, 0) is 0 Å². The van der Waals surface area contributed by atoms with Gasteiger partial charge in [0.15, 0.2) is 0 Å². The second-order valence-corrected chi connectivity index (χ2v) is 5.61. The van der Waals surface area contributed by atoms with Crippen molar-refractivity contribution in [2.24, 2.45) is 0 Å². The Morgan fingerprint density at radius 3 is 2.76 bits per heavy atom. The van der Waals surface area contributed by atoms with Crippen LogP contribution in [-0.4, -0.2) is 26.9 Å². The van der Waals surface area contributed by atoms with Crippen LogP contribution in [0.15, 0.2) is 18.5 Å². The number of hydrogen-bond acceptors (Lipinski definition) is 3. The number of carbonyl (C=O) groups excluding carboxylic acids is 1. The van der Waals surface area contributed by atoms with Crippen LogP contribution in [0.25, 0.3) is 0 Å². The zero-order valence-electron chi connectivity index (χ0n) is 9.40. The molecule has 0 radical (unpaired) electrons. The summed E-state index contributed by atoms with van der Waals surface area (Å²) in [5, 5.41) is 12.5. The van der Waals surface area contributed by atoms with Crippen molar-refractivity contribution in [1.82, 2.24) is 10.3 Å². The molecule has 2 N–H and O–H groups in total. The van der Waals surface area contributed by atoms with E-state index in [9.17, 15) is 9.90 Å². The molecule has 0 aliphatic heterocycles. The Balaban J connectivity index is 1.96. The number of amides is 1. The average Bonchev–Trinajstić information content (AvgIpc) is 2.32. The fourth-order valence-electron chi connectivity index (χ4n) is 2.04. The quantitative estimate of drug-likeness (QED) is 0.823. The van der Waals surface area contributed by atoms with Gasteiger partial charge in [-0.3, -0.25) is 9.78 Å². The SMILES string of the molecule is O=C(NC1CCC(Br)CC1)c1ccncc1O. The molecule has 1 amide bonds. The monoisotopic (exact) mass is 298 g/mol. The van der Waals surface area contributed by atoms with Crippen molar-refractivity contribution >= 4 is 21.8 Å². The van der Waals surface area contributed by atoms with Gasteiger partial charge < -0.3 is 10.4 Å². The highest BCUT2D eigenvalue weighted by atomic mass is 79.9. The van der Waals surface area contributed by atoms with E-state index < -0.39 is 0 Å². The molecule has 4 nitrogen and oxygen atoms in total. The van der Waals surface area contributed by atoms with Crippen LogP contribution >= 0.6 is 15.9 Å². The maximum absolute atomic E-state index is 11.9. The molecule has 92 valence electrons. The Kier molecular flexibility index (Phi) is 3.99. The molecule has 5 heteroatoms. The lowest BCUT2D eigenvalue weighted by atomic mass is 9.95. The first-order valence-electron chi connectivity index (χ1n) is 5.74. The van der Waals surface area contributed by atoms with E-state index in [1.54, 1.807) is 0 Å². The molecule has 0 spiro atoms. The highest BCUT2D eigenvalue weighted by Gasteiger charge is 2.21. The summed E-state index contributed by atoms with van der Waals surface area (Å²) in [6, 6.07) is 1.74. The van der Waals surface area contributed by atoms with Crippen LogP contribution in [0.1, 0.15) is 36.0 Å². The van der Waals surface area contributed by atoms with Crippen LogP contribution in [0, 0.1) is 0 Å². The molecule has 1 aliphatic carbocycles. The molecule has 17 heavy (non-hydrogen) atoms. The lowest BCUT2D eigenvalue weighted by Gasteiger charge is -2.26. The fourth-order valence-corrected chi connectivity index (χ4v) is 2.57. The average molecular weight is 299 g/mol. The smallest absolute Gasteiger partial charge is 0.255 e. The first kappa shape index (κ1) is 12.4. The van der Waals surface area contributed by atoms with Gasteiger partial charge >= 0.3 is 0 Å². The third kappa shape index (κ3) is 3.19. The lowest BCUT2D eigenvalue weighted by molar-refractivity contribution is 0.0925. The summed E-state index contributed by atoms with van der Waals surface area (Å²) in [4.78, 5) is 16.2. The number of pyridine rings is 1. The van der Waals surface area contributed by atoms with E-state index in [0.717, 1.165) is 25.7 Å². The van der Waals surface area contributed by atoms with E-state index in [0.29, 0.717) is 10.4 Å². The third-order valence-electron chi connectivity index (χ3n) is 3.04. The van der Waals surface area contributed by atoms with E-state index in [-0.39, 0.29) is 17.7 Å². The molecule has 0 atom stereocenters. The Morgan fingerprint density at radius 2 is 2.12 bits per heavy atom. The maximum atomic E-state index is 11.9. The van der Waals surface area contributed by atoms with Gasteiger partial charge in [-0.25, -0.2) is 0 Å². The molecular weight excluding hydrogens is 284 g/mol. The first-order valence-corrected chi connectivity index (χ1v) is 6.66. The van der Waals surface area contributed by atoms with Crippen LogP contribution in [0.4, 0.5) is 0 Å². The maximum Gasteiger partial charge on any atom is 0.255 e. The number of hydrogen-bond donors (Lipinski definition) is 2. The van der Waals surface area contributed by atoms with Gasteiger partial charge in [0.05, 0.1) is 11.8 Å². The van der Waals surface area contributed by atoms with Crippen molar-refractivity contribution in [2.75, 3.05) is 0 Å². The number of nitrogens with zero attached hydrogens (tertiary/aromatic N) is 1. The molecule has 1 saturated carbocycles. The van der Waals surface area contributed by atoms with Gasteiger partial charge in [-0.1, -0.05) is 15.9 Å². The normalized spacial score (nSPS) is 24.3. The summed E-state index contributed by atoms with van der Waals surface area (Å²) < 4.78 is 0. The van der Waals surface area contributed by atoms with Crippen LogP contribution in [0.2, 0.25) is 0 Å². The van der Waals surface area contributed by atoms with Crippen LogP contribution in [0.5, 0.6) is 5.75 Å². The number of aromatic hydroxyl groups is 1. The highest BCUT2D eigenvalue weighted by molar-refractivity contribution is 9.09. The fraction of sp³-hybridized carbons (Fsp3) is 0.500. The topological polar surface area (TPSA) is 62.2 Å². The zero-order valence-corrected chi connectivity index (χ0v) is 11.0. The van der Waals surface area contributed by atoms with Gasteiger partial charge in [-0.15, -0.1) is 0 Å². The second-order valence-electron chi connectivity index (χ2n) is 4.32. The van der Waals surface area contributed by atoms with E-state index in [4.69, 9.17) is 0 Å². The summed E-state index contributed by atoms with van der Waals surface area (Å²) >= 11 is 3.58. The van der Waals surface area contributed by atoms with Crippen molar-refractivity contribution in [3.63, 3.8) is 0 Å². The molecule has 0 saturated heterocycles. The standard InChI is InChI=1S/C12H15BrN2O2/c13-8-1-3-9(4-2-8)15-12(17)10-5-6-14-7-11(10)16/h5-9,16H,1-4H2,(H,15,17). The Hall–Kier alpha value is -1.10. The van der Waals surface area contributed by atoms with Crippen molar-refractivity contribution in [2.45, 2.75) is 36.6 Å². The summed E-state index contributed by atoms with van der Waals surface area (Å²) in [6.07, 6.45) is 6.90. The Bertz CT molecular complexity index is 403. The number of alkyl halides is 1. The molecule has 2 rings (SSSR count). The largest absolute Gasteiger partial charge is 0.505 e. The van der Waals surface area contributed by atoms with Gasteiger partial charge in [0.25, 0.3) is 5.91 Å². The summed E-state index contributed by atoms with van der Waals surface area (Å²) in [6.45, 7) is 0. The van der Waals surface area contributed by atoms with Gasteiger partial charge in [0.2, 0.25) is 0 Å². The molecule has 1 aromatic rings. The van der Waals surface area contributed by atoms with Crippen molar-refractivity contribution in [3.05, 3.63) is 24.0 Å². The summed E-state index contributed by atoms with van der Waals surface area (Å²) in [7, 11) is 0. The van der Waals surface area contributed by atoms with E-state index >= 15 is 0 Å². The van der Waals surface area contributed by atoms with Crippen LogP contribution < -0.4 is 5.32 Å². The number of rotatable bonds is 2. The Labute approximate surface area is 109 Å². The molecule has 0 unspecified atom stereocenters. The molecule has 1 heterocycles. The summed E-state index contributed by atoms with van der Waals surface area (Å²) in [5.74, 6) is -0.290. The van der Waals surface area contributed by atoms with Gasteiger partial charge in [-0.05, 0) is 31.7 Å². The number of halogens is 1. The van der Waals surface area contributed by atoms with E-state index in [2.05, 4.69) is 26.2 Å². The van der Waals surface area contributed by atoms with E-state index in [1.165, 1.54) is 18.5 Å². The van der Waals surface area contributed by atoms with Crippen LogP contribution in [0.3, 0.4) is 0 Å². The van der Waals surface area contributed by atoms with Crippen molar-refractivity contribution in [1.29, 1.82) is 0 Å². The number of carbonyl (C=O) groups is 1. The Morgan fingerprint density at radius 1 is 1.41 bits per heavy atom. The van der Waals surface area contributed by atoms with Crippen molar-refractivity contribution in [3.8, 4) is 5.75 Å². The molecular formula is C12H15BrN2O2. The minimum atomic E-state index is -0.220. The summed E-state index contributed by atoms with van der Waals surface area (Å²) in [5.41, 5.74) is 0.293. The predicted octanol–water partition coefficient (Wildman–Crippen LogP) is 2.22. The predicted molar refractivity (Wildman–Crippen MR) is 68.3 cm³/mol. The molecule has 1 aromatic heterocycles. The second kappa shape index (κ2) is 5.49. The van der Waals surface area contributed by atoms with Gasteiger partial charge in [0, 0.05) is 17.1 Å². The third-order valence-corrected chi connectivity index (χ3v) is 3.95. The number of nitrogens with one attached hydrogen (secondary N) is 1.